The fourth-order valence-electron chi connectivity index (χ4n) is 2.75. The molecular weight excluding hydrogens is 765 g/mol. The number of nitrogens with zero attached hydrogens (tertiary/aromatic N) is 5. The molecule has 4 heterocycles. The van der Waals surface area contributed by atoms with Crippen molar-refractivity contribution in [1.29, 1.82) is 0 Å². The van der Waals surface area contributed by atoms with E-state index in [0.29, 0.717) is 0 Å². The molecule has 4 rings (SSSR count). The molecular formula is C24H27F12N5OP2Ru. The Morgan fingerprint density at radius 2 is 0.756 bits per heavy atom. The van der Waals surface area contributed by atoms with Crippen molar-refractivity contribution in [1.82, 2.24) is 24.8 Å². The van der Waals surface area contributed by atoms with Crippen molar-refractivity contribution in [2.45, 2.75) is 20.0 Å². The van der Waals surface area contributed by atoms with Crippen molar-refractivity contribution in [3.05, 3.63) is 109 Å². The van der Waals surface area contributed by atoms with Crippen LogP contribution in [0, 0.1) is 0 Å². The standard InChI is InChI=1S/C14H17N3.C10H8N2.2F6P.H2O.Ru/c1-2-17(11-13-7-3-5-9-15-13)12-14-8-4-6-10-16-14;1-3-7-11-9(5-1)10-6-2-4-8-12-10;2*1-7(2,3,4,5)6;;/h3-10H,2,11-12H2,1H3;1-8H;;;1H2;/q;;2*-1;;+2. The number of halogens is 12. The average molecular weight is 793 g/mol. The first-order valence-corrected chi connectivity index (χ1v) is 15.8. The van der Waals surface area contributed by atoms with E-state index in [1.165, 1.54) is 0 Å². The molecule has 0 amide bonds. The molecule has 6 nitrogen and oxygen atoms in total. The van der Waals surface area contributed by atoms with Crippen molar-refractivity contribution < 1.29 is 75.3 Å². The van der Waals surface area contributed by atoms with Gasteiger partial charge in [-0.25, -0.2) is 0 Å². The van der Waals surface area contributed by atoms with E-state index in [0.717, 1.165) is 42.4 Å². The van der Waals surface area contributed by atoms with Gasteiger partial charge in [-0.15, -0.1) is 0 Å². The van der Waals surface area contributed by atoms with Crippen molar-refractivity contribution in [2.24, 2.45) is 0 Å². The van der Waals surface area contributed by atoms with Gasteiger partial charge in [0.05, 0.1) is 22.8 Å². The van der Waals surface area contributed by atoms with E-state index in [2.05, 4.69) is 43.9 Å². The molecule has 0 saturated carbocycles. The summed E-state index contributed by atoms with van der Waals surface area (Å²) in [5, 5.41) is 0. The third-order valence-electron chi connectivity index (χ3n) is 4.26. The first-order chi connectivity index (χ1) is 19.2. The summed E-state index contributed by atoms with van der Waals surface area (Å²) in [7, 11) is -21.3. The van der Waals surface area contributed by atoms with Gasteiger partial charge in [0.15, 0.2) is 0 Å². The van der Waals surface area contributed by atoms with Crippen LogP contribution in [0.2, 0.25) is 0 Å². The summed E-state index contributed by atoms with van der Waals surface area (Å²) in [6, 6.07) is 23.6. The number of rotatable bonds is 6. The molecule has 4 aromatic rings. The number of hydrogen-bond acceptors (Lipinski definition) is 5. The molecule has 0 radical (unpaired) electrons. The Bertz CT molecular complexity index is 1250. The van der Waals surface area contributed by atoms with E-state index in [1.807, 2.05) is 73.1 Å². The predicted molar refractivity (Wildman–Crippen MR) is 146 cm³/mol. The van der Waals surface area contributed by atoms with Crippen LogP contribution in [0.25, 0.3) is 11.4 Å². The van der Waals surface area contributed by atoms with Crippen molar-refractivity contribution in [2.75, 3.05) is 6.54 Å². The Hall–Kier alpha value is -2.84. The first-order valence-electron chi connectivity index (χ1n) is 11.7. The van der Waals surface area contributed by atoms with Gasteiger partial charge >= 0.3 is 85.5 Å². The molecule has 0 aliphatic rings. The van der Waals surface area contributed by atoms with Crippen LogP contribution in [-0.4, -0.2) is 36.9 Å². The van der Waals surface area contributed by atoms with E-state index in [-0.39, 0.29) is 25.0 Å². The molecule has 0 spiro atoms. The normalized spacial score (nSPS) is 13.8. The van der Waals surface area contributed by atoms with Crippen LogP contribution < -0.4 is 0 Å². The third kappa shape index (κ3) is 33.9. The van der Waals surface area contributed by atoms with Gasteiger partial charge in [-0.2, -0.15) is 0 Å². The second-order valence-electron chi connectivity index (χ2n) is 8.29. The summed E-state index contributed by atoms with van der Waals surface area (Å²) in [5.74, 6) is 0. The molecule has 0 aliphatic heterocycles. The summed E-state index contributed by atoms with van der Waals surface area (Å²) >= 11 is 0. The minimum Gasteiger partial charge on any atom is -0.412 e. The molecule has 0 unspecified atom stereocenters. The first kappa shape index (κ1) is 44.3. The summed E-state index contributed by atoms with van der Waals surface area (Å²) in [5.41, 5.74) is 4.03. The Labute approximate surface area is 262 Å². The molecule has 0 atom stereocenters. The summed E-state index contributed by atoms with van der Waals surface area (Å²) < 4.78 is 118. The zero-order valence-corrected chi connectivity index (χ0v) is 26.4. The van der Waals surface area contributed by atoms with Gasteiger partial charge < -0.3 is 5.48 Å². The molecule has 21 heteroatoms. The Balaban J connectivity index is 0. The summed E-state index contributed by atoms with van der Waals surface area (Å²) in [4.78, 5) is 19.4. The van der Waals surface area contributed by atoms with Crippen LogP contribution in [0.3, 0.4) is 0 Å². The maximum atomic E-state index is 9.87. The predicted octanol–water partition coefficient (Wildman–Crippen LogP) is 10.6. The minimum atomic E-state index is -10.7. The molecule has 0 aromatic carbocycles. The topological polar surface area (TPSA) is 86.3 Å². The third-order valence-corrected chi connectivity index (χ3v) is 4.26. The van der Waals surface area contributed by atoms with Gasteiger partial charge in [0, 0.05) is 37.9 Å². The van der Waals surface area contributed by atoms with Crippen molar-refractivity contribution in [3.63, 3.8) is 0 Å². The number of pyridine rings is 4. The number of hydrogen-bond donors (Lipinski definition) is 0. The van der Waals surface area contributed by atoms with E-state index >= 15 is 0 Å². The van der Waals surface area contributed by atoms with Gasteiger partial charge in [0.1, 0.15) is 0 Å². The van der Waals surface area contributed by atoms with Crippen LogP contribution in [0.1, 0.15) is 18.3 Å². The van der Waals surface area contributed by atoms with Gasteiger partial charge in [-0.1, -0.05) is 31.2 Å². The quantitative estimate of drug-likeness (QED) is 0.110. The fraction of sp³-hybridized carbons (Fsp3) is 0.167. The van der Waals surface area contributed by atoms with Crippen LogP contribution in [0.15, 0.2) is 97.6 Å². The van der Waals surface area contributed by atoms with Gasteiger partial charge in [-0.3, -0.25) is 24.8 Å². The van der Waals surface area contributed by atoms with E-state index in [9.17, 15) is 50.4 Å². The molecule has 0 aliphatic carbocycles. The molecule has 4 aromatic heterocycles. The van der Waals surface area contributed by atoms with Crippen LogP contribution in [-0.2, 0) is 32.6 Å². The number of aromatic nitrogens is 4. The molecule has 0 fully saturated rings. The Morgan fingerprint density at radius 3 is 0.956 bits per heavy atom. The maximum absolute atomic E-state index is 10.7. The van der Waals surface area contributed by atoms with Crippen molar-refractivity contribution in [3.8, 4) is 11.4 Å². The van der Waals surface area contributed by atoms with Gasteiger partial charge in [0.25, 0.3) is 0 Å². The zero-order chi connectivity index (χ0) is 33.0. The summed E-state index contributed by atoms with van der Waals surface area (Å²) in [6.07, 6.45) is 7.21. The van der Waals surface area contributed by atoms with Crippen LogP contribution >= 0.6 is 15.6 Å². The second kappa shape index (κ2) is 15.6. The van der Waals surface area contributed by atoms with Gasteiger partial charge in [0.2, 0.25) is 0 Å². The van der Waals surface area contributed by atoms with Gasteiger partial charge in [-0.05, 0) is 55.1 Å². The minimum absolute atomic E-state index is 0. The van der Waals surface area contributed by atoms with Crippen LogP contribution in [0.4, 0.5) is 50.4 Å². The molecule has 45 heavy (non-hydrogen) atoms. The molecule has 2 N–H and O–H groups in total. The monoisotopic (exact) mass is 793 g/mol. The van der Waals surface area contributed by atoms with E-state index < -0.39 is 15.6 Å². The molecule has 0 bridgehead atoms. The molecule has 256 valence electrons. The SMILES string of the molecule is CCN(Cc1ccccn1)Cc1ccccn1.F[P-](F)(F)(F)(F)F.F[P-](F)(F)(F)(F)F.O.[Ru+2].c1ccc(-c2ccccn2)nc1. The zero-order valence-electron chi connectivity index (χ0n) is 22.9. The van der Waals surface area contributed by atoms with Crippen molar-refractivity contribution >= 4 is 15.6 Å². The second-order valence-corrected chi connectivity index (χ2v) is 12.1. The smallest absolute Gasteiger partial charge is 0.412 e. The Morgan fingerprint density at radius 1 is 0.489 bits per heavy atom. The van der Waals surface area contributed by atoms with E-state index in [4.69, 9.17) is 0 Å². The fourth-order valence-corrected chi connectivity index (χ4v) is 2.75. The average Bonchev–Trinajstić information content (AvgIpc) is 2.87. The van der Waals surface area contributed by atoms with Crippen LogP contribution in [0.5, 0.6) is 0 Å². The van der Waals surface area contributed by atoms with E-state index in [1.54, 1.807) is 12.4 Å². The maximum Gasteiger partial charge on any atom is 2.00 e. The molecule has 0 saturated heterocycles. The summed E-state index contributed by atoms with van der Waals surface area (Å²) in [6.45, 7) is 4.89. The largest absolute Gasteiger partial charge is 2.00 e. The Kier molecular flexibility index (Phi) is 15.4.